The van der Waals surface area contributed by atoms with Crippen LogP contribution in [0.5, 0.6) is 17.2 Å². The number of hydrogen-bond acceptors (Lipinski definition) is 9. The molecule has 3 rings (SSSR count). The fourth-order valence-electron chi connectivity index (χ4n) is 3.29. The van der Waals surface area contributed by atoms with E-state index in [0.29, 0.717) is 11.3 Å². The van der Waals surface area contributed by atoms with Gasteiger partial charge in [-0.25, -0.2) is 0 Å². The summed E-state index contributed by atoms with van der Waals surface area (Å²) in [6, 6.07) is 16.5. The van der Waals surface area contributed by atoms with Crippen LogP contribution < -0.4 is 19.7 Å². The molecule has 0 aliphatic rings. The Bertz CT molecular complexity index is 1440. The molecule has 3 aromatic rings. The molecule has 1 N–H and O–H groups in total. The number of carbonyl (C=O) groups is 1. The number of hydrogen-bond donors (Lipinski definition) is 1. The Kier molecular flexibility index (Phi) is 8.57. The third kappa shape index (κ3) is 6.61. The molecule has 38 heavy (non-hydrogen) atoms. The Balaban J connectivity index is 1.88. The quantitative estimate of drug-likeness (QED) is 0.163. The highest BCUT2D eigenvalue weighted by molar-refractivity contribution is 6.09. The van der Waals surface area contributed by atoms with Crippen molar-refractivity contribution in [2.24, 2.45) is 0 Å². The Morgan fingerprint density at radius 2 is 1.68 bits per heavy atom. The number of ether oxygens (including phenoxy) is 2. The van der Waals surface area contributed by atoms with Gasteiger partial charge in [-0.15, -0.1) is 0 Å². The molecule has 0 fully saturated rings. The van der Waals surface area contributed by atoms with Crippen molar-refractivity contribution in [1.29, 1.82) is 5.26 Å². The summed E-state index contributed by atoms with van der Waals surface area (Å²) in [6.45, 7) is 1.94. The molecule has 0 radical (unpaired) electrons. The molecule has 0 unspecified atom stereocenters. The molecular formula is C26H23N5O7. The minimum absolute atomic E-state index is 0.102. The van der Waals surface area contributed by atoms with Gasteiger partial charge in [-0.3, -0.25) is 25.0 Å². The summed E-state index contributed by atoms with van der Waals surface area (Å²) in [6.07, 6.45) is 1.37. The number of nitro groups is 2. The first-order valence-corrected chi connectivity index (χ1v) is 11.2. The van der Waals surface area contributed by atoms with Gasteiger partial charge in [-0.05, 0) is 61.0 Å². The van der Waals surface area contributed by atoms with Crippen LogP contribution in [0.25, 0.3) is 6.08 Å². The van der Waals surface area contributed by atoms with Gasteiger partial charge < -0.3 is 19.7 Å². The molecule has 0 saturated carbocycles. The van der Waals surface area contributed by atoms with Gasteiger partial charge in [0.1, 0.15) is 11.6 Å². The number of nitrogens with one attached hydrogen (secondary N) is 1. The smallest absolute Gasteiger partial charge is 0.318 e. The highest BCUT2D eigenvalue weighted by Crippen LogP contribution is 2.38. The van der Waals surface area contributed by atoms with Crippen LogP contribution in [0.4, 0.5) is 22.7 Å². The van der Waals surface area contributed by atoms with Crippen molar-refractivity contribution in [2.45, 2.75) is 6.92 Å². The number of rotatable bonds is 10. The van der Waals surface area contributed by atoms with Crippen molar-refractivity contribution < 1.29 is 24.1 Å². The van der Waals surface area contributed by atoms with E-state index in [0.717, 1.165) is 23.9 Å². The van der Waals surface area contributed by atoms with Crippen LogP contribution in [0.2, 0.25) is 0 Å². The van der Waals surface area contributed by atoms with Gasteiger partial charge in [0.05, 0.1) is 22.5 Å². The molecule has 194 valence electrons. The topological polar surface area (TPSA) is 161 Å². The average Bonchev–Trinajstić information content (AvgIpc) is 2.88. The van der Waals surface area contributed by atoms with Gasteiger partial charge in [0.2, 0.25) is 5.75 Å². The monoisotopic (exact) mass is 517 g/mol. The molecule has 0 bridgehead atoms. The zero-order valence-electron chi connectivity index (χ0n) is 20.7. The van der Waals surface area contributed by atoms with Crippen LogP contribution in [0.3, 0.4) is 0 Å². The summed E-state index contributed by atoms with van der Waals surface area (Å²) in [7, 11) is 3.79. The van der Waals surface area contributed by atoms with Crippen LogP contribution >= 0.6 is 0 Å². The van der Waals surface area contributed by atoms with Gasteiger partial charge in [0.25, 0.3) is 11.6 Å². The second-order valence-electron chi connectivity index (χ2n) is 7.97. The van der Waals surface area contributed by atoms with Crippen molar-refractivity contribution in [2.75, 3.05) is 30.9 Å². The number of benzene rings is 3. The Morgan fingerprint density at radius 3 is 2.26 bits per heavy atom. The lowest BCUT2D eigenvalue weighted by Gasteiger charge is -2.13. The molecule has 0 atom stereocenters. The molecule has 0 heterocycles. The Hall–Kier alpha value is -5.44. The fraction of sp³-hybridized carbons (Fsp3) is 0.154. The SMILES string of the molecule is CCOc1cc(/C=C(/C#N)C(=O)Nc2ccc(N(C)C)cc2)ccc1Oc1ccc([N+](=O)[O-])cc1[N+](=O)[O-]. The summed E-state index contributed by atoms with van der Waals surface area (Å²) in [5.74, 6) is -0.539. The maximum Gasteiger partial charge on any atom is 0.318 e. The molecule has 0 saturated heterocycles. The summed E-state index contributed by atoms with van der Waals surface area (Å²) in [5.41, 5.74) is 0.699. The number of nitro benzene ring substituents is 2. The molecule has 3 aromatic carbocycles. The second-order valence-corrected chi connectivity index (χ2v) is 7.97. The maximum atomic E-state index is 12.7. The van der Waals surface area contributed by atoms with E-state index in [1.54, 1.807) is 19.1 Å². The van der Waals surface area contributed by atoms with E-state index in [1.165, 1.54) is 24.3 Å². The first kappa shape index (κ1) is 27.2. The van der Waals surface area contributed by atoms with Crippen molar-refractivity contribution in [1.82, 2.24) is 0 Å². The van der Waals surface area contributed by atoms with E-state index in [2.05, 4.69) is 5.32 Å². The van der Waals surface area contributed by atoms with Gasteiger partial charge in [-0.2, -0.15) is 5.26 Å². The first-order chi connectivity index (χ1) is 18.1. The molecule has 12 heteroatoms. The van der Waals surface area contributed by atoms with Crippen molar-refractivity contribution in [3.8, 4) is 23.3 Å². The van der Waals surface area contributed by atoms with Crippen LogP contribution in [0.1, 0.15) is 12.5 Å². The fourth-order valence-corrected chi connectivity index (χ4v) is 3.29. The number of nitriles is 1. The standard InChI is InChI=1S/C26H23N5O7/c1-4-37-25-14-17(13-18(16-27)26(32)28-19-6-8-20(9-7-19)29(2)3)5-11-24(25)38-23-12-10-21(30(33)34)15-22(23)31(35)36/h5-15H,4H2,1-3H3,(H,28,32)/b18-13-. The molecular weight excluding hydrogens is 494 g/mol. The third-order valence-corrected chi connectivity index (χ3v) is 5.16. The molecule has 12 nitrogen and oxygen atoms in total. The van der Waals surface area contributed by atoms with Gasteiger partial charge in [-0.1, -0.05) is 6.07 Å². The summed E-state index contributed by atoms with van der Waals surface area (Å²) in [5, 5.41) is 34.7. The van der Waals surface area contributed by atoms with Crippen molar-refractivity contribution in [3.05, 3.63) is 92.0 Å². The van der Waals surface area contributed by atoms with Crippen molar-refractivity contribution in [3.63, 3.8) is 0 Å². The predicted molar refractivity (Wildman–Crippen MR) is 140 cm³/mol. The number of non-ortho nitro benzene ring substituents is 1. The zero-order chi connectivity index (χ0) is 27.8. The highest BCUT2D eigenvalue weighted by Gasteiger charge is 2.22. The van der Waals surface area contributed by atoms with E-state index in [-0.39, 0.29) is 29.4 Å². The van der Waals surface area contributed by atoms with Crippen LogP contribution in [-0.2, 0) is 4.79 Å². The number of anilines is 2. The van der Waals surface area contributed by atoms with E-state index in [4.69, 9.17) is 9.47 Å². The van der Waals surface area contributed by atoms with E-state index in [9.17, 15) is 30.3 Å². The molecule has 1 amide bonds. The van der Waals surface area contributed by atoms with Gasteiger partial charge >= 0.3 is 5.69 Å². The zero-order valence-corrected chi connectivity index (χ0v) is 20.7. The van der Waals surface area contributed by atoms with E-state index < -0.39 is 27.1 Å². The lowest BCUT2D eigenvalue weighted by molar-refractivity contribution is -0.394. The normalized spacial score (nSPS) is 10.7. The first-order valence-electron chi connectivity index (χ1n) is 11.2. The van der Waals surface area contributed by atoms with Gasteiger partial charge in [0, 0.05) is 31.5 Å². The largest absolute Gasteiger partial charge is 0.490 e. The number of carbonyl (C=O) groups excluding carboxylic acids is 1. The minimum atomic E-state index is -0.786. The minimum Gasteiger partial charge on any atom is -0.490 e. The number of nitrogens with zero attached hydrogens (tertiary/aromatic N) is 4. The predicted octanol–water partition coefficient (Wildman–Crippen LogP) is 5.31. The maximum absolute atomic E-state index is 12.7. The Labute approximate surface area is 217 Å². The summed E-state index contributed by atoms with van der Waals surface area (Å²) < 4.78 is 11.3. The summed E-state index contributed by atoms with van der Waals surface area (Å²) >= 11 is 0. The van der Waals surface area contributed by atoms with Gasteiger partial charge in [0.15, 0.2) is 11.5 Å². The Morgan fingerprint density at radius 1 is 1.00 bits per heavy atom. The summed E-state index contributed by atoms with van der Waals surface area (Å²) in [4.78, 5) is 35.5. The molecule has 0 aliphatic carbocycles. The van der Waals surface area contributed by atoms with E-state index in [1.807, 2.05) is 37.2 Å². The lowest BCUT2D eigenvalue weighted by Crippen LogP contribution is -2.14. The number of amides is 1. The molecule has 0 aromatic heterocycles. The molecule has 0 spiro atoms. The van der Waals surface area contributed by atoms with Crippen molar-refractivity contribution >= 4 is 34.7 Å². The lowest BCUT2D eigenvalue weighted by atomic mass is 10.1. The molecule has 0 aliphatic heterocycles. The highest BCUT2D eigenvalue weighted by atomic mass is 16.6. The second kappa shape index (κ2) is 12.0. The van der Waals surface area contributed by atoms with Crippen LogP contribution in [-0.4, -0.2) is 36.5 Å². The van der Waals surface area contributed by atoms with E-state index >= 15 is 0 Å². The van der Waals surface area contributed by atoms with Crippen LogP contribution in [0.15, 0.2) is 66.2 Å². The van der Waals surface area contributed by atoms with Crippen LogP contribution in [0, 0.1) is 31.6 Å². The third-order valence-electron chi connectivity index (χ3n) is 5.16. The average molecular weight is 517 g/mol.